The van der Waals surface area contributed by atoms with Gasteiger partial charge in [0.05, 0.1) is 12.6 Å². The van der Waals surface area contributed by atoms with E-state index in [4.69, 9.17) is 0 Å². The van der Waals surface area contributed by atoms with Crippen molar-refractivity contribution < 1.29 is 4.79 Å². The SMILES string of the molecule is CC(NC(=O)N1CCN(CCn2cncn2)CC1)c1nncn1C(C)C. The van der Waals surface area contributed by atoms with Gasteiger partial charge in [-0.2, -0.15) is 5.10 Å². The number of hydrogen-bond donors (Lipinski definition) is 1. The second-order valence-electron chi connectivity index (χ2n) is 6.85. The van der Waals surface area contributed by atoms with Crippen LogP contribution < -0.4 is 5.32 Å². The van der Waals surface area contributed by atoms with Crippen LogP contribution in [0.3, 0.4) is 0 Å². The smallest absolute Gasteiger partial charge is 0.318 e. The topological polar surface area (TPSA) is 97.0 Å². The summed E-state index contributed by atoms with van der Waals surface area (Å²) in [7, 11) is 0. The third-order valence-corrected chi connectivity index (χ3v) is 4.66. The van der Waals surface area contributed by atoms with Crippen LogP contribution in [0.15, 0.2) is 19.0 Å². The fraction of sp³-hybridized carbons (Fsp3) is 0.688. The van der Waals surface area contributed by atoms with Crippen molar-refractivity contribution in [3.63, 3.8) is 0 Å². The number of nitrogens with zero attached hydrogens (tertiary/aromatic N) is 8. The van der Waals surface area contributed by atoms with E-state index in [0.717, 1.165) is 32.0 Å². The average molecular weight is 361 g/mol. The quantitative estimate of drug-likeness (QED) is 0.806. The zero-order valence-corrected chi connectivity index (χ0v) is 15.6. The molecule has 0 spiro atoms. The Bertz CT molecular complexity index is 688. The molecule has 1 atom stereocenters. The Kier molecular flexibility index (Phi) is 5.82. The predicted molar refractivity (Wildman–Crippen MR) is 95.4 cm³/mol. The first-order chi connectivity index (χ1) is 12.5. The predicted octanol–water partition coefficient (Wildman–Crippen LogP) is 0.539. The molecule has 26 heavy (non-hydrogen) atoms. The van der Waals surface area contributed by atoms with Crippen molar-refractivity contribution in [2.24, 2.45) is 0 Å². The van der Waals surface area contributed by atoms with E-state index in [0.29, 0.717) is 13.1 Å². The van der Waals surface area contributed by atoms with E-state index in [-0.39, 0.29) is 18.1 Å². The number of urea groups is 1. The van der Waals surface area contributed by atoms with Crippen molar-refractivity contribution in [3.05, 3.63) is 24.8 Å². The first kappa shape index (κ1) is 18.3. The zero-order valence-electron chi connectivity index (χ0n) is 15.6. The largest absolute Gasteiger partial charge is 0.328 e. The van der Waals surface area contributed by atoms with Gasteiger partial charge in [-0.05, 0) is 20.8 Å². The van der Waals surface area contributed by atoms with E-state index in [1.807, 2.05) is 21.1 Å². The second kappa shape index (κ2) is 8.26. The van der Waals surface area contributed by atoms with Gasteiger partial charge in [-0.3, -0.25) is 9.58 Å². The van der Waals surface area contributed by atoms with E-state index in [1.54, 1.807) is 19.0 Å². The number of hydrogen-bond acceptors (Lipinski definition) is 6. The average Bonchev–Trinajstić information content (AvgIpc) is 3.31. The highest BCUT2D eigenvalue weighted by Crippen LogP contribution is 2.14. The Hall–Kier alpha value is -2.49. The standard InChI is InChI=1S/C16H27N9O/c1-13(2)25-12-18-21-15(25)14(3)20-16(26)23-7-4-22(5-8-23)6-9-24-11-17-10-19-24/h10-14H,4-9H2,1-3H3,(H,20,26). The summed E-state index contributed by atoms with van der Waals surface area (Å²) in [6.45, 7) is 11.0. The van der Waals surface area contributed by atoms with Gasteiger partial charge in [0.2, 0.25) is 0 Å². The Morgan fingerprint density at radius 2 is 1.92 bits per heavy atom. The first-order valence-electron chi connectivity index (χ1n) is 9.04. The maximum Gasteiger partial charge on any atom is 0.318 e. The minimum Gasteiger partial charge on any atom is -0.328 e. The molecule has 2 aromatic heterocycles. The fourth-order valence-electron chi connectivity index (χ4n) is 3.07. The van der Waals surface area contributed by atoms with Crippen LogP contribution in [-0.4, -0.2) is 78.1 Å². The summed E-state index contributed by atoms with van der Waals surface area (Å²) in [6, 6.07) is 0.0253. The Morgan fingerprint density at radius 3 is 2.58 bits per heavy atom. The van der Waals surface area contributed by atoms with Gasteiger partial charge in [-0.25, -0.2) is 9.78 Å². The Morgan fingerprint density at radius 1 is 1.15 bits per heavy atom. The van der Waals surface area contributed by atoms with E-state index in [9.17, 15) is 4.79 Å². The molecule has 1 unspecified atom stereocenters. The lowest BCUT2D eigenvalue weighted by Crippen LogP contribution is -2.52. The summed E-state index contributed by atoms with van der Waals surface area (Å²) in [6.07, 6.45) is 4.97. The molecule has 1 aliphatic rings. The highest BCUT2D eigenvalue weighted by Gasteiger charge is 2.24. The maximum atomic E-state index is 12.6. The van der Waals surface area contributed by atoms with Crippen molar-refractivity contribution in [2.75, 3.05) is 32.7 Å². The number of rotatable bonds is 6. The molecule has 2 amide bonds. The van der Waals surface area contributed by atoms with Crippen LogP contribution in [0.25, 0.3) is 0 Å². The molecule has 0 bridgehead atoms. The van der Waals surface area contributed by atoms with Crippen LogP contribution in [-0.2, 0) is 6.54 Å². The van der Waals surface area contributed by atoms with E-state index >= 15 is 0 Å². The van der Waals surface area contributed by atoms with Crippen LogP contribution in [0.5, 0.6) is 0 Å². The highest BCUT2D eigenvalue weighted by molar-refractivity contribution is 5.74. The van der Waals surface area contributed by atoms with Crippen molar-refractivity contribution in [1.82, 2.24) is 44.6 Å². The molecule has 1 aliphatic heterocycles. The lowest BCUT2D eigenvalue weighted by Gasteiger charge is -2.35. The third-order valence-electron chi connectivity index (χ3n) is 4.66. The molecule has 1 saturated heterocycles. The minimum absolute atomic E-state index is 0.0493. The number of piperazine rings is 1. The molecule has 10 nitrogen and oxygen atoms in total. The van der Waals surface area contributed by atoms with Gasteiger partial charge in [-0.1, -0.05) is 0 Å². The van der Waals surface area contributed by atoms with Crippen molar-refractivity contribution in [2.45, 2.75) is 39.4 Å². The van der Waals surface area contributed by atoms with Crippen LogP contribution in [0.2, 0.25) is 0 Å². The highest BCUT2D eigenvalue weighted by atomic mass is 16.2. The summed E-state index contributed by atoms with van der Waals surface area (Å²) in [5.41, 5.74) is 0. The number of carbonyl (C=O) groups excluding carboxylic acids is 1. The lowest BCUT2D eigenvalue weighted by atomic mass is 10.2. The molecule has 2 aromatic rings. The van der Waals surface area contributed by atoms with Crippen LogP contribution in [0.4, 0.5) is 4.79 Å². The molecule has 0 aromatic carbocycles. The van der Waals surface area contributed by atoms with Crippen LogP contribution >= 0.6 is 0 Å². The zero-order chi connectivity index (χ0) is 18.5. The summed E-state index contributed by atoms with van der Waals surface area (Å²) < 4.78 is 3.80. The van der Waals surface area contributed by atoms with Gasteiger partial charge in [0, 0.05) is 38.8 Å². The molecular weight excluding hydrogens is 334 g/mol. The van der Waals surface area contributed by atoms with Gasteiger partial charge >= 0.3 is 6.03 Å². The number of nitrogens with one attached hydrogen (secondary N) is 1. The molecule has 1 N–H and O–H groups in total. The van der Waals surface area contributed by atoms with Gasteiger partial charge in [0.1, 0.15) is 19.0 Å². The molecule has 0 saturated carbocycles. The molecule has 10 heteroatoms. The monoisotopic (exact) mass is 361 g/mol. The molecule has 142 valence electrons. The normalized spacial score (nSPS) is 16.8. The fourth-order valence-corrected chi connectivity index (χ4v) is 3.07. The van der Waals surface area contributed by atoms with Gasteiger partial charge in [-0.15, -0.1) is 10.2 Å². The summed E-state index contributed by atoms with van der Waals surface area (Å²) in [4.78, 5) is 20.7. The Labute approximate surface area is 153 Å². The van der Waals surface area contributed by atoms with Crippen LogP contribution in [0.1, 0.15) is 38.7 Å². The lowest BCUT2D eigenvalue weighted by molar-refractivity contribution is 0.134. The first-order valence-corrected chi connectivity index (χ1v) is 9.04. The number of amides is 2. The number of aromatic nitrogens is 6. The van der Waals surface area contributed by atoms with Gasteiger partial charge in [0.15, 0.2) is 5.82 Å². The maximum absolute atomic E-state index is 12.6. The number of carbonyl (C=O) groups is 1. The molecule has 0 radical (unpaired) electrons. The summed E-state index contributed by atoms with van der Waals surface area (Å²) in [5, 5.41) is 15.3. The van der Waals surface area contributed by atoms with Crippen LogP contribution in [0, 0.1) is 0 Å². The summed E-state index contributed by atoms with van der Waals surface area (Å²) in [5.74, 6) is 0.778. The molecular formula is C16H27N9O. The molecule has 3 heterocycles. The van der Waals surface area contributed by atoms with Crippen molar-refractivity contribution in [3.8, 4) is 0 Å². The van der Waals surface area contributed by atoms with E-state index in [1.165, 1.54) is 0 Å². The minimum atomic E-state index is -0.183. The Balaban J connectivity index is 1.45. The molecule has 1 fully saturated rings. The van der Waals surface area contributed by atoms with E-state index in [2.05, 4.69) is 44.3 Å². The third kappa shape index (κ3) is 4.37. The van der Waals surface area contributed by atoms with Crippen molar-refractivity contribution in [1.29, 1.82) is 0 Å². The van der Waals surface area contributed by atoms with Gasteiger partial charge in [0.25, 0.3) is 0 Å². The van der Waals surface area contributed by atoms with E-state index < -0.39 is 0 Å². The summed E-state index contributed by atoms with van der Waals surface area (Å²) >= 11 is 0. The molecule has 3 rings (SSSR count). The van der Waals surface area contributed by atoms with Crippen molar-refractivity contribution >= 4 is 6.03 Å². The molecule has 0 aliphatic carbocycles. The second-order valence-corrected chi connectivity index (χ2v) is 6.85. The van der Waals surface area contributed by atoms with Gasteiger partial charge < -0.3 is 14.8 Å².